The first-order valence-electron chi connectivity index (χ1n) is 10.8. The quantitative estimate of drug-likeness (QED) is 0.335. The number of anilines is 2. The molecule has 1 aromatic carbocycles. The molecule has 1 aliphatic rings. The Balaban J connectivity index is 1.75. The van der Waals surface area contributed by atoms with E-state index in [0.29, 0.717) is 61.3 Å². The molecule has 0 bridgehead atoms. The highest BCUT2D eigenvalue weighted by molar-refractivity contribution is 7.98. The minimum Gasteiger partial charge on any atom is -0.395 e. The molecule has 0 spiro atoms. The third-order valence-electron chi connectivity index (χ3n) is 5.33. The van der Waals surface area contributed by atoms with E-state index in [1.807, 2.05) is 23.1 Å². The van der Waals surface area contributed by atoms with Gasteiger partial charge in [0.05, 0.1) is 13.2 Å². The van der Waals surface area contributed by atoms with E-state index in [2.05, 4.69) is 27.0 Å². The van der Waals surface area contributed by atoms with Crippen LogP contribution < -0.4 is 9.80 Å². The lowest BCUT2D eigenvalue weighted by molar-refractivity contribution is 0.202. The number of thioether (sulfide) groups is 1. The molecule has 9 nitrogen and oxygen atoms in total. The number of aromatic nitrogens is 4. The predicted octanol–water partition coefficient (Wildman–Crippen LogP) is 1.73. The molecule has 11 heteroatoms. The van der Waals surface area contributed by atoms with E-state index in [-0.39, 0.29) is 6.61 Å². The Kier molecular flexibility index (Phi) is 8.43. The van der Waals surface area contributed by atoms with Crippen molar-refractivity contribution in [2.75, 3.05) is 67.8 Å². The van der Waals surface area contributed by atoms with Gasteiger partial charge in [0.1, 0.15) is 22.4 Å². The van der Waals surface area contributed by atoms with Crippen LogP contribution in [0.2, 0.25) is 0 Å². The third-order valence-corrected chi connectivity index (χ3v) is 7.66. The topological polar surface area (TPSA) is 105 Å². The monoisotopic (exact) mass is 488 g/mol. The molecule has 0 radical (unpaired) electrons. The van der Waals surface area contributed by atoms with Gasteiger partial charge in [0.2, 0.25) is 5.95 Å². The molecule has 1 N–H and O–H groups in total. The van der Waals surface area contributed by atoms with Gasteiger partial charge >= 0.3 is 0 Å². The number of fused-ring (bicyclic) bond motifs is 1. The van der Waals surface area contributed by atoms with Crippen LogP contribution in [0.1, 0.15) is 5.56 Å². The van der Waals surface area contributed by atoms with Gasteiger partial charge in [-0.3, -0.25) is 4.21 Å². The van der Waals surface area contributed by atoms with Crippen molar-refractivity contribution >= 4 is 45.4 Å². The van der Waals surface area contributed by atoms with Gasteiger partial charge in [-0.25, -0.2) is 15.0 Å². The lowest BCUT2D eigenvalue weighted by Crippen LogP contribution is -2.39. The molecule has 3 heterocycles. The largest absolute Gasteiger partial charge is 0.395 e. The minimum atomic E-state index is -0.800. The van der Waals surface area contributed by atoms with Crippen LogP contribution in [0.4, 0.5) is 11.8 Å². The molecule has 2 aromatic heterocycles. The van der Waals surface area contributed by atoms with Crippen molar-refractivity contribution in [3.63, 3.8) is 0 Å². The molecule has 1 fully saturated rings. The average molecular weight is 489 g/mol. The molecular formula is C22H28N6O3S2. The Hall–Kier alpha value is -2.34. The van der Waals surface area contributed by atoms with Crippen LogP contribution in [0.25, 0.3) is 11.0 Å². The van der Waals surface area contributed by atoms with E-state index in [4.69, 9.17) is 14.7 Å². The predicted molar refractivity (Wildman–Crippen MR) is 132 cm³/mol. The number of aliphatic hydroxyl groups is 1. The van der Waals surface area contributed by atoms with E-state index in [0.717, 1.165) is 16.6 Å². The standard InChI is InChI=1S/C22H28N6O3S2/c1-31-12-8-28(7-11-29)22-25-19-18(20(26-22)27-9-13-33(30)14-10-27)23-16-24-21(19)32-15-17-5-3-2-4-6-17/h2-6,16,29H,7-15H2,1H3. The fourth-order valence-corrected chi connectivity index (χ4v) is 5.53. The zero-order chi connectivity index (χ0) is 23.0. The summed E-state index contributed by atoms with van der Waals surface area (Å²) in [5.41, 5.74) is 2.57. The summed E-state index contributed by atoms with van der Waals surface area (Å²) >= 11 is 1.61. The Morgan fingerprint density at radius 1 is 1.12 bits per heavy atom. The summed E-state index contributed by atoms with van der Waals surface area (Å²) in [5, 5.41) is 10.4. The molecule has 1 saturated heterocycles. The molecule has 0 atom stereocenters. The van der Waals surface area contributed by atoms with Gasteiger partial charge in [-0.15, -0.1) is 0 Å². The van der Waals surface area contributed by atoms with E-state index in [1.165, 1.54) is 5.56 Å². The van der Waals surface area contributed by atoms with E-state index in [1.54, 1.807) is 25.2 Å². The van der Waals surface area contributed by atoms with Crippen molar-refractivity contribution in [1.29, 1.82) is 0 Å². The van der Waals surface area contributed by atoms with Gasteiger partial charge in [0, 0.05) is 61.3 Å². The summed E-state index contributed by atoms with van der Waals surface area (Å²) in [6.07, 6.45) is 1.56. The molecule has 0 saturated carbocycles. The van der Waals surface area contributed by atoms with Crippen LogP contribution in [0.3, 0.4) is 0 Å². The fraction of sp³-hybridized carbons (Fsp3) is 0.455. The minimum absolute atomic E-state index is 0.0238. The normalized spacial score (nSPS) is 14.7. The Morgan fingerprint density at radius 3 is 2.64 bits per heavy atom. The van der Waals surface area contributed by atoms with Crippen LogP contribution in [0.5, 0.6) is 0 Å². The zero-order valence-corrected chi connectivity index (χ0v) is 20.2. The number of hydrogen-bond donors (Lipinski definition) is 1. The number of rotatable bonds is 10. The Bertz CT molecular complexity index is 1080. The lowest BCUT2D eigenvalue weighted by Gasteiger charge is -2.29. The number of hydrogen-bond acceptors (Lipinski definition) is 10. The van der Waals surface area contributed by atoms with Crippen LogP contribution >= 0.6 is 11.8 Å². The van der Waals surface area contributed by atoms with Gasteiger partial charge in [0.25, 0.3) is 0 Å². The Labute approximate surface area is 200 Å². The molecule has 0 amide bonds. The van der Waals surface area contributed by atoms with Crippen molar-refractivity contribution in [3.8, 4) is 0 Å². The van der Waals surface area contributed by atoms with Crippen LogP contribution in [0.15, 0.2) is 41.7 Å². The van der Waals surface area contributed by atoms with Gasteiger partial charge in [0.15, 0.2) is 5.82 Å². The van der Waals surface area contributed by atoms with Crippen molar-refractivity contribution in [2.45, 2.75) is 10.8 Å². The van der Waals surface area contributed by atoms with Gasteiger partial charge < -0.3 is 19.6 Å². The third kappa shape index (κ3) is 5.97. The molecule has 33 heavy (non-hydrogen) atoms. The molecule has 1 aliphatic heterocycles. The summed E-state index contributed by atoms with van der Waals surface area (Å²) < 4.78 is 17.2. The maximum Gasteiger partial charge on any atom is 0.228 e. The maximum absolute atomic E-state index is 11.9. The highest BCUT2D eigenvalue weighted by Gasteiger charge is 2.24. The summed E-state index contributed by atoms with van der Waals surface area (Å²) in [5.74, 6) is 3.19. The van der Waals surface area contributed by atoms with Gasteiger partial charge in [-0.1, -0.05) is 42.1 Å². The summed E-state index contributed by atoms with van der Waals surface area (Å²) in [4.78, 5) is 22.8. The number of ether oxygens (including phenoxy) is 1. The highest BCUT2D eigenvalue weighted by atomic mass is 32.2. The van der Waals surface area contributed by atoms with Gasteiger partial charge in [-0.05, 0) is 5.56 Å². The van der Waals surface area contributed by atoms with Crippen molar-refractivity contribution in [3.05, 3.63) is 42.2 Å². The second-order valence-electron chi connectivity index (χ2n) is 7.54. The first-order valence-corrected chi connectivity index (χ1v) is 13.3. The fourth-order valence-electron chi connectivity index (χ4n) is 3.58. The second kappa shape index (κ2) is 11.7. The van der Waals surface area contributed by atoms with E-state index in [9.17, 15) is 9.32 Å². The second-order valence-corrected chi connectivity index (χ2v) is 10.2. The van der Waals surface area contributed by atoms with Crippen LogP contribution in [0, 0.1) is 0 Å². The SMILES string of the molecule is COCCN(CCO)c1nc(N2CCS(=O)CC2)c2ncnc(SCc3ccccc3)c2n1. The summed E-state index contributed by atoms with van der Waals surface area (Å²) in [7, 11) is 0.842. The van der Waals surface area contributed by atoms with Crippen molar-refractivity contribution < 1.29 is 14.1 Å². The lowest BCUT2D eigenvalue weighted by atomic mass is 10.2. The number of benzene rings is 1. The number of nitrogens with zero attached hydrogens (tertiary/aromatic N) is 6. The maximum atomic E-state index is 11.9. The molecule has 0 aliphatic carbocycles. The first kappa shape index (κ1) is 23.8. The molecule has 0 unspecified atom stereocenters. The molecule has 3 aromatic rings. The molecule has 4 rings (SSSR count). The highest BCUT2D eigenvalue weighted by Crippen LogP contribution is 2.32. The van der Waals surface area contributed by atoms with Crippen molar-refractivity contribution in [2.24, 2.45) is 0 Å². The average Bonchev–Trinajstić information content (AvgIpc) is 2.86. The molecular weight excluding hydrogens is 460 g/mol. The summed E-state index contributed by atoms with van der Waals surface area (Å²) in [6.45, 7) is 2.69. The van der Waals surface area contributed by atoms with Crippen LogP contribution in [-0.2, 0) is 21.3 Å². The number of aliphatic hydroxyl groups excluding tert-OH is 1. The number of methoxy groups -OCH3 is 1. The smallest absolute Gasteiger partial charge is 0.228 e. The zero-order valence-electron chi connectivity index (χ0n) is 18.6. The Morgan fingerprint density at radius 2 is 1.91 bits per heavy atom. The van der Waals surface area contributed by atoms with Gasteiger partial charge in [-0.2, -0.15) is 4.98 Å². The van der Waals surface area contributed by atoms with Crippen molar-refractivity contribution in [1.82, 2.24) is 19.9 Å². The first-order chi connectivity index (χ1) is 16.2. The molecule has 176 valence electrons. The van der Waals surface area contributed by atoms with Crippen LogP contribution in [-0.4, -0.2) is 87.3 Å². The summed E-state index contributed by atoms with van der Waals surface area (Å²) in [6, 6.07) is 10.2. The van der Waals surface area contributed by atoms with E-state index >= 15 is 0 Å². The van der Waals surface area contributed by atoms with E-state index < -0.39 is 10.8 Å².